The van der Waals surface area contributed by atoms with Crippen LogP contribution in [0.5, 0.6) is 0 Å². The molecule has 2 aliphatic rings. The van der Waals surface area contributed by atoms with Gasteiger partial charge in [0.15, 0.2) is 9.84 Å². The van der Waals surface area contributed by atoms with Gasteiger partial charge >= 0.3 is 0 Å². The molecule has 0 bridgehead atoms. The Bertz CT molecular complexity index is 373. The summed E-state index contributed by atoms with van der Waals surface area (Å²) in [5.74, 6) is 0.547. The van der Waals surface area contributed by atoms with Crippen molar-refractivity contribution in [3.63, 3.8) is 0 Å². The van der Waals surface area contributed by atoms with E-state index in [1.54, 1.807) is 0 Å². The third-order valence-electron chi connectivity index (χ3n) is 2.36. The van der Waals surface area contributed by atoms with Gasteiger partial charge in [-0.25, -0.2) is 8.42 Å². The molecular formula is C7H9NO3S3. The first-order valence-corrected chi connectivity index (χ1v) is 7.40. The van der Waals surface area contributed by atoms with Crippen LogP contribution in [-0.4, -0.2) is 46.8 Å². The molecule has 0 N–H and O–H groups in total. The van der Waals surface area contributed by atoms with Gasteiger partial charge in [-0.1, -0.05) is 24.0 Å². The molecule has 1 atom stereocenters. The van der Waals surface area contributed by atoms with Crippen molar-refractivity contribution in [2.45, 2.75) is 12.5 Å². The molecule has 0 saturated carbocycles. The molecule has 0 aliphatic carbocycles. The quantitative estimate of drug-likeness (QED) is 0.616. The lowest BCUT2D eigenvalue weighted by atomic mass is 10.2. The van der Waals surface area contributed by atoms with Crippen LogP contribution in [0.2, 0.25) is 0 Å². The molecule has 0 aromatic rings. The highest BCUT2D eigenvalue weighted by molar-refractivity contribution is 8.24. The van der Waals surface area contributed by atoms with Crippen LogP contribution < -0.4 is 0 Å². The highest BCUT2D eigenvalue weighted by atomic mass is 32.2. The van der Waals surface area contributed by atoms with Gasteiger partial charge in [-0.05, 0) is 6.42 Å². The van der Waals surface area contributed by atoms with E-state index in [2.05, 4.69) is 0 Å². The lowest BCUT2D eigenvalue weighted by Crippen LogP contribution is -2.39. The summed E-state index contributed by atoms with van der Waals surface area (Å²) in [6, 6.07) is -0.213. The van der Waals surface area contributed by atoms with Gasteiger partial charge in [-0.3, -0.25) is 9.69 Å². The average Bonchev–Trinajstić information content (AvgIpc) is 2.56. The van der Waals surface area contributed by atoms with Crippen LogP contribution in [-0.2, 0) is 14.6 Å². The minimum absolute atomic E-state index is 0.0536. The fraction of sp³-hybridized carbons (Fsp3) is 0.714. The minimum atomic E-state index is -2.94. The minimum Gasteiger partial charge on any atom is -0.293 e. The first-order valence-electron chi connectivity index (χ1n) is 4.19. The van der Waals surface area contributed by atoms with E-state index in [1.165, 1.54) is 16.7 Å². The zero-order valence-electron chi connectivity index (χ0n) is 7.30. The summed E-state index contributed by atoms with van der Waals surface area (Å²) in [7, 11) is -2.94. The number of rotatable bonds is 1. The molecule has 0 aromatic carbocycles. The molecule has 0 spiro atoms. The smallest absolute Gasteiger partial charge is 0.238 e. The Labute approximate surface area is 91.9 Å². The van der Waals surface area contributed by atoms with Gasteiger partial charge in [0.05, 0.1) is 23.3 Å². The third-order valence-corrected chi connectivity index (χ3v) is 5.49. The normalized spacial score (nSPS) is 31.4. The largest absolute Gasteiger partial charge is 0.293 e. The second-order valence-electron chi connectivity index (χ2n) is 3.38. The Kier molecular flexibility index (Phi) is 2.57. The first-order chi connectivity index (χ1) is 6.49. The fourth-order valence-electron chi connectivity index (χ4n) is 1.70. The molecule has 0 aromatic heterocycles. The van der Waals surface area contributed by atoms with Gasteiger partial charge in [0.2, 0.25) is 5.91 Å². The van der Waals surface area contributed by atoms with Crippen LogP contribution >= 0.6 is 24.0 Å². The Hall–Kier alpha value is -0.140. The highest BCUT2D eigenvalue weighted by Gasteiger charge is 2.39. The Morgan fingerprint density at radius 2 is 2.21 bits per heavy atom. The van der Waals surface area contributed by atoms with Crippen LogP contribution in [0, 0.1) is 0 Å². The molecule has 2 aliphatic heterocycles. The van der Waals surface area contributed by atoms with Gasteiger partial charge in [0.25, 0.3) is 0 Å². The number of hydrogen-bond donors (Lipinski definition) is 0. The topological polar surface area (TPSA) is 54.5 Å². The predicted molar refractivity (Wildman–Crippen MR) is 59.0 cm³/mol. The Morgan fingerprint density at radius 1 is 1.50 bits per heavy atom. The van der Waals surface area contributed by atoms with Crippen molar-refractivity contribution in [1.82, 2.24) is 4.90 Å². The summed E-state index contributed by atoms with van der Waals surface area (Å²) in [6.45, 7) is 0. The molecule has 78 valence electrons. The van der Waals surface area contributed by atoms with Crippen LogP contribution in [0.25, 0.3) is 0 Å². The zero-order valence-corrected chi connectivity index (χ0v) is 9.75. The van der Waals surface area contributed by atoms with Gasteiger partial charge in [0.1, 0.15) is 4.32 Å². The van der Waals surface area contributed by atoms with E-state index in [9.17, 15) is 13.2 Å². The van der Waals surface area contributed by atoms with Crippen LogP contribution in [0.1, 0.15) is 6.42 Å². The van der Waals surface area contributed by atoms with Crippen molar-refractivity contribution in [1.29, 1.82) is 0 Å². The first kappa shape index (κ1) is 10.4. The molecule has 2 rings (SSSR count). The van der Waals surface area contributed by atoms with E-state index in [0.717, 1.165) is 0 Å². The second-order valence-corrected chi connectivity index (χ2v) is 7.21. The lowest BCUT2D eigenvalue weighted by molar-refractivity contribution is -0.125. The molecule has 2 fully saturated rings. The van der Waals surface area contributed by atoms with Gasteiger partial charge in [-0.2, -0.15) is 0 Å². The SMILES string of the molecule is O=C1CSC(=S)N1[C@@H]1CCS(=O)(=O)C1. The van der Waals surface area contributed by atoms with E-state index in [-0.39, 0.29) is 23.5 Å². The van der Waals surface area contributed by atoms with E-state index >= 15 is 0 Å². The fourth-order valence-corrected chi connectivity index (χ4v) is 4.60. The number of carbonyl (C=O) groups excluding carboxylic acids is 1. The van der Waals surface area contributed by atoms with E-state index < -0.39 is 9.84 Å². The van der Waals surface area contributed by atoms with Crippen molar-refractivity contribution in [3.8, 4) is 0 Å². The van der Waals surface area contributed by atoms with Crippen molar-refractivity contribution < 1.29 is 13.2 Å². The van der Waals surface area contributed by atoms with E-state index in [1.807, 2.05) is 0 Å². The maximum Gasteiger partial charge on any atom is 0.238 e. The molecule has 2 heterocycles. The summed E-state index contributed by atoms with van der Waals surface area (Å²) < 4.78 is 23.0. The summed E-state index contributed by atoms with van der Waals surface area (Å²) in [5, 5.41) is 0. The second kappa shape index (κ2) is 3.46. The summed E-state index contributed by atoms with van der Waals surface area (Å²) >= 11 is 6.32. The molecule has 7 heteroatoms. The van der Waals surface area contributed by atoms with Crippen molar-refractivity contribution in [3.05, 3.63) is 0 Å². The highest BCUT2D eigenvalue weighted by Crippen LogP contribution is 2.27. The molecule has 4 nitrogen and oxygen atoms in total. The molecule has 14 heavy (non-hydrogen) atoms. The number of hydrogen-bond acceptors (Lipinski definition) is 5. The standard InChI is InChI=1S/C7H9NO3S3/c9-6-3-13-7(12)8(6)5-1-2-14(10,11)4-5/h5H,1-4H2/t5-/m1/s1. The maximum atomic E-state index is 11.4. The zero-order chi connectivity index (χ0) is 10.3. The molecule has 0 unspecified atom stereocenters. The summed E-state index contributed by atoms with van der Waals surface area (Å²) in [6.07, 6.45) is 0.523. The molecule has 0 radical (unpaired) electrons. The number of nitrogens with zero attached hydrogens (tertiary/aromatic N) is 1. The van der Waals surface area contributed by atoms with Crippen molar-refractivity contribution >= 4 is 44.0 Å². The van der Waals surface area contributed by atoms with Crippen LogP contribution in [0.4, 0.5) is 0 Å². The maximum absolute atomic E-state index is 11.4. The monoisotopic (exact) mass is 251 g/mol. The molecule has 2 saturated heterocycles. The third kappa shape index (κ3) is 1.80. The number of sulfone groups is 1. The van der Waals surface area contributed by atoms with Crippen molar-refractivity contribution in [2.24, 2.45) is 0 Å². The van der Waals surface area contributed by atoms with Crippen LogP contribution in [0.3, 0.4) is 0 Å². The Morgan fingerprint density at radius 3 is 2.64 bits per heavy atom. The van der Waals surface area contributed by atoms with E-state index in [0.29, 0.717) is 16.5 Å². The van der Waals surface area contributed by atoms with Gasteiger partial charge in [0, 0.05) is 0 Å². The predicted octanol–water partition coefficient (Wildman–Crippen LogP) is 0.0338. The lowest BCUT2D eigenvalue weighted by Gasteiger charge is -2.21. The number of thiocarbonyl (C=S) groups is 1. The molecule has 1 amide bonds. The van der Waals surface area contributed by atoms with Crippen molar-refractivity contribution in [2.75, 3.05) is 17.3 Å². The van der Waals surface area contributed by atoms with E-state index in [4.69, 9.17) is 12.2 Å². The van der Waals surface area contributed by atoms with Gasteiger partial charge in [-0.15, -0.1) is 0 Å². The number of carbonyl (C=O) groups is 1. The average molecular weight is 251 g/mol. The van der Waals surface area contributed by atoms with Gasteiger partial charge < -0.3 is 0 Å². The number of amides is 1. The van der Waals surface area contributed by atoms with Crippen LogP contribution in [0.15, 0.2) is 0 Å². The molecular weight excluding hydrogens is 242 g/mol. The Balaban J connectivity index is 2.17. The number of thioether (sulfide) groups is 1. The summed E-state index contributed by atoms with van der Waals surface area (Å²) in [5.41, 5.74) is 0. The summed E-state index contributed by atoms with van der Waals surface area (Å²) in [4.78, 5) is 12.9.